The summed E-state index contributed by atoms with van der Waals surface area (Å²) in [5.74, 6) is 2.06. The molecule has 0 atom stereocenters. The number of hydrogen-bond acceptors (Lipinski definition) is 6. The van der Waals surface area contributed by atoms with Crippen molar-refractivity contribution in [2.75, 3.05) is 35.0 Å². The topological polar surface area (TPSA) is 83.1 Å². The zero-order valence-corrected chi connectivity index (χ0v) is 16.1. The molecule has 0 aliphatic rings. The van der Waals surface area contributed by atoms with Crippen LogP contribution in [0.4, 0.5) is 0 Å². The lowest BCUT2D eigenvalue weighted by molar-refractivity contribution is 0.385. The molecule has 0 fully saturated rings. The van der Waals surface area contributed by atoms with Crippen LogP contribution in [0.2, 0.25) is 0 Å². The number of methoxy groups -OCH3 is 4. The fourth-order valence-corrected chi connectivity index (χ4v) is 3.63. The van der Waals surface area contributed by atoms with Crippen molar-refractivity contribution >= 4 is 10.0 Å². The van der Waals surface area contributed by atoms with Crippen molar-refractivity contribution in [1.82, 2.24) is 4.72 Å². The van der Waals surface area contributed by atoms with Gasteiger partial charge in [0.25, 0.3) is 0 Å². The Hall–Kier alpha value is -2.45. The van der Waals surface area contributed by atoms with Gasteiger partial charge in [-0.15, -0.1) is 0 Å². The van der Waals surface area contributed by atoms with E-state index >= 15 is 0 Å². The zero-order chi connectivity index (χ0) is 19.2. The second kappa shape index (κ2) is 8.77. The largest absolute Gasteiger partial charge is 0.497 e. The first kappa shape index (κ1) is 19.9. The predicted octanol–water partition coefficient (Wildman–Crippen LogP) is 2.24. The van der Waals surface area contributed by atoms with E-state index in [9.17, 15) is 8.42 Å². The molecule has 7 nitrogen and oxygen atoms in total. The van der Waals surface area contributed by atoms with Gasteiger partial charge in [0.2, 0.25) is 10.0 Å². The van der Waals surface area contributed by atoms with Gasteiger partial charge in [0.1, 0.15) is 27.9 Å². The van der Waals surface area contributed by atoms with Crippen molar-refractivity contribution in [2.24, 2.45) is 0 Å². The summed E-state index contributed by atoms with van der Waals surface area (Å²) in [6.45, 7) is 0.209. The van der Waals surface area contributed by atoms with E-state index in [0.717, 1.165) is 5.56 Å². The minimum absolute atomic E-state index is 0.0579. The van der Waals surface area contributed by atoms with Gasteiger partial charge in [-0.1, -0.05) is 6.07 Å². The molecule has 0 spiro atoms. The average molecular weight is 381 g/mol. The van der Waals surface area contributed by atoms with Crippen LogP contribution in [-0.2, 0) is 16.4 Å². The lowest BCUT2D eigenvalue weighted by Crippen LogP contribution is -2.26. The average Bonchev–Trinajstić information content (AvgIpc) is 2.67. The Labute approximate surface area is 153 Å². The summed E-state index contributed by atoms with van der Waals surface area (Å²) >= 11 is 0. The molecule has 0 unspecified atom stereocenters. The first-order valence-corrected chi connectivity index (χ1v) is 9.36. The van der Waals surface area contributed by atoms with Crippen LogP contribution in [0, 0.1) is 0 Å². The summed E-state index contributed by atoms with van der Waals surface area (Å²) in [7, 11) is 2.32. The molecular formula is C18H23NO6S. The number of rotatable bonds is 9. The monoisotopic (exact) mass is 381 g/mol. The first-order valence-electron chi connectivity index (χ1n) is 7.87. The molecule has 2 aromatic carbocycles. The smallest absolute Gasteiger partial charge is 0.244 e. The Morgan fingerprint density at radius 2 is 1.38 bits per heavy atom. The standard InChI is InChI=1S/C18H23NO6S/c1-22-14-6-5-13(16(11-14)24-3)9-10-19-26(20,21)18-8-7-15(23-2)12-17(18)25-4/h5-8,11-12,19H,9-10H2,1-4H3. The van der Waals surface area contributed by atoms with Crippen molar-refractivity contribution in [2.45, 2.75) is 11.3 Å². The molecule has 8 heteroatoms. The van der Waals surface area contributed by atoms with Crippen molar-refractivity contribution < 1.29 is 27.4 Å². The second-order valence-electron chi connectivity index (χ2n) is 5.34. The van der Waals surface area contributed by atoms with Crippen LogP contribution < -0.4 is 23.7 Å². The van der Waals surface area contributed by atoms with Crippen LogP contribution in [0.1, 0.15) is 5.56 Å². The minimum atomic E-state index is -3.73. The molecule has 142 valence electrons. The Morgan fingerprint density at radius 3 is 1.96 bits per heavy atom. The van der Waals surface area contributed by atoms with Crippen molar-refractivity contribution in [3.8, 4) is 23.0 Å². The quantitative estimate of drug-likeness (QED) is 0.717. The number of hydrogen-bond donors (Lipinski definition) is 1. The summed E-state index contributed by atoms with van der Waals surface area (Å²) < 4.78 is 48.5. The summed E-state index contributed by atoms with van der Waals surface area (Å²) in [5, 5.41) is 0. The van der Waals surface area contributed by atoms with E-state index in [-0.39, 0.29) is 17.2 Å². The van der Waals surface area contributed by atoms with Crippen molar-refractivity contribution in [3.63, 3.8) is 0 Å². The number of nitrogens with one attached hydrogen (secondary N) is 1. The summed E-state index contributed by atoms with van der Waals surface area (Å²) in [6, 6.07) is 9.97. The van der Waals surface area contributed by atoms with E-state index in [4.69, 9.17) is 18.9 Å². The van der Waals surface area contributed by atoms with E-state index in [1.165, 1.54) is 26.4 Å². The molecule has 0 radical (unpaired) electrons. The van der Waals surface area contributed by atoms with E-state index < -0.39 is 10.0 Å². The third-order valence-corrected chi connectivity index (χ3v) is 5.34. The number of benzene rings is 2. The maximum atomic E-state index is 12.6. The zero-order valence-electron chi connectivity index (χ0n) is 15.2. The highest BCUT2D eigenvalue weighted by atomic mass is 32.2. The van der Waals surface area contributed by atoms with Gasteiger partial charge >= 0.3 is 0 Å². The Bertz CT molecular complexity index is 851. The minimum Gasteiger partial charge on any atom is -0.497 e. The molecule has 0 saturated heterocycles. The normalized spacial score (nSPS) is 11.1. The lowest BCUT2D eigenvalue weighted by Gasteiger charge is -2.13. The van der Waals surface area contributed by atoms with Crippen LogP contribution in [-0.4, -0.2) is 43.4 Å². The molecular weight excluding hydrogens is 358 g/mol. The van der Waals surface area contributed by atoms with Gasteiger partial charge in [-0.05, 0) is 30.2 Å². The van der Waals surface area contributed by atoms with Crippen LogP contribution in [0.15, 0.2) is 41.3 Å². The maximum Gasteiger partial charge on any atom is 0.244 e. The van der Waals surface area contributed by atoms with Gasteiger partial charge in [-0.25, -0.2) is 13.1 Å². The summed E-state index contributed by atoms with van der Waals surface area (Å²) in [4.78, 5) is 0.0579. The molecule has 2 aromatic rings. The van der Waals surface area contributed by atoms with Crippen molar-refractivity contribution in [1.29, 1.82) is 0 Å². The molecule has 1 N–H and O–H groups in total. The fourth-order valence-electron chi connectivity index (χ4n) is 2.45. The van der Waals surface area contributed by atoms with Gasteiger partial charge in [0, 0.05) is 18.7 Å². The van der Waals surface area contributed by atoms with E-state index in [1.807, 2.05) is 6.07 Å². The van der Waals surface area contributed by atoms with Gasteiger partial charge in [-0.3, -0.25) is 0 Å². The molecule has 0 saturated carbocycles. The Balaban J connectivity index is 2.12. The van der Waals surface area contributed by atoms with Crippen LogP contribution >= 0.6 is 0 Å². The SMILES string of the molecule is COc1ccc(CCNS(=O)(=O)c2ccc(OC)cc2OC)c(OC)c1. The number of ether oxygens (including phenoxy) is 4. The van der Waals surface area contributed by atoms with Gasteiger partial charge in [-0.2, -0.15) is 0 Å². The highest BCUT2D eigenvalue weighted by Crippen LogP contribution is 2.28. The third kappa shape index (κ3) is 4.59. The first-order chi connectivity index (χ1) is 12.4. The molecule has 0 bridgehead atoms. The van der Waals surface area contributed by atoms with E-state index in [0.29, 0.717) is 23.7 Å². The molecule has 0 amide bonds. The highest BCUT2D eigenvalue weighted by Gasteiger charge is 2.20. The van der Waals surface area contributed by atoms with Crippen LogP contribution in [0.5, 0.6) is 23.0 Å². The summed E-state index contributed by atoms with van der Waals surface area (Å²) in [5.41, 5.74) is 0.873. The molecule has 2 rings (SSSR count). The molecule has 0 heterocycles. The van der Waals surface area contributed by atoms with Crippen LogP contribution in [0.25, 0.3) is 0 Å². The van der Waals surface area contributed by atoms with Crippen LogP contribution in [0.3, 0.4) is 0 Å². The van der Waals surface area contributed by atoms with Gasteiger partial charge < -0.3 is 18.9 Å². The second-order valence-corrected chi connectivity index (χ2v) is 7.08. The van der Waals surface area contributed by atoms with E-state index in [2.05, 4.69) is 4.72 Å². The molecule has 26 heavy (non-hydrogen) atoms. The summed E-state index contributed by atoms with van der Waals surface area (Å²) in [6.07, 6.45) is 0.463. The lowest BCUT2D eigenvalue weighted by atomic mass is 10.1. The predicted molar refractivity (Wildman–Crippen MR) is 98.0 cm³/mol. The van der Waals surface area contributed by atoms with Gasteiger partial charge in [0.05, 0.1) is 28.4 Å². The van der Waals surface area contributed by atoms with Gasteiger partial charge in [0.15, 0.2) is 0 Å². The third-order valence-electron chi connectivity index (χ3n) is 3.84. The molecule has 0 aliphatic carbocycles. The molecule has 0 aromatic heterocycles. The number of sulfonamides is 1. The van der Waals surface area contributed by atoms with Crippen molar-refractivity contribution in [3.05, 3.63) is 42.0 Å². The molecule has 0 aliphatic heterocycles. The van der Waals surface area contributed by atoms with E-state index in [1.54, 1.807) is 32.4 Å². The Kier molecular flexibility index (Phi) is 6.70. The fraction of sp³-hybridized carbons (Fsp3) is 0.333. The maximum absolute atomic E-state index is 12.6. The highest BCUT2D eigenvalue weighted by molar-refractivity contribution is 7.89. The Morgan fingerprint density at radius 1 is 0.808 bits per heavy atom.